The van der Waals surface area contributed by atoms with Gasteiger partial charge < -0.3 is 15.0 Å². The van der Waals surface area contributed by atoms with Crippen LogP contribution in [0.3, 0.4) is 0 Å². The second kappa shape index (κ2) is 10.9. The van der Waals surface area contributed by atoms with Gasteiger partial charge in [0.05, 0.1) is 11.0 Å². The SMILES string of the molecule is C=C=c1/c(=C(\N=CC)c2cccc(C3(CN)Cc4ccncc4C3)c2)ccn1COCC[Si](C)(C)C. The number of fused-ring (bicyclic) bond motifs is 1. The third kappa shape index (κ3) is 5.53. The zero-order valence-corrected chi connectivity index (χ0v) is 23.1. The Morgan fingerprint density at radius 1 is 1.25 bits per heavy atom. The quantitative estimate of drug-likeness (QED) is 0.275. The molecule has 0 radical (unpaired) electrons. The standard InChI is InChI=1S/C30H38N4OSi/c1-6-28-27(12-14-34(28)22-35-15-16-36(3,4)5)29(33-7-2)23-9-8-10-26(17-23)30(21-31)18-24-11-13-32-20-25(24)19-30/h7-14,17,20H,1,15-16,18-19,21-22,31H2,2-5H3/b29-27-,33-7?. The molecule has 1 unspecified atom stereocenters. The summed E-state index contributed by atoms with van der Waals surface area (Å²) >= 11 is 0. The predicted molar refractivity (Wildman–Crippen MR) is 152 cm³/mol. The van der Waals surface area contributed by atoms with Crippen molar-refractivity contribution in [3.05, 3.63) is 94.4 Å². The highest BCUT2D eigenvalue weighted by Gasteiger charge is 2.38. The summed E-state index contributed by atoms with van der Waals surface area (Å²) in [5, 5.41) is 1.89. The van der Waals surface area contributed by atoms with Gasteiger partial charge in [0.25, 0.3) is 0 Å². The van der Waals surface area contributed by atoms with Crippen LogP contribution in [-0.2, 0) is 29.7 Å². The highest BCUT2D eigenvalue weighted by Crippen LogP contribution is 2.39. The number of nitrogens with zero attached hydrogens (tertiary/aromatic N) is 3. The largest absolute Gasteiger partial charge is 0.361 e. The average molecular weight is 499 g/mol. The first kappa shape index (κ1) is 26.1. The smallest absolute Gasteiger partial charge is 0.123 e. The molecule has 36 heavy (non-hydrogen) atoms. The third-order valence-electron chi connectivity index (χ3n) is 7.07. The Balaban J connectivity index is 1.72. The van der Waals surface area contributed by atoms with Crippen molar-refractivity contribution in [2.75, 3.05) is 13.2 Å². The summed E-state index contributed by atoms with van der Waals surface area (Å²) < 4.78 is 8.06. The minimum atomic E-state index is -1.13. The van der Waals surface area contributed by atoms with Gasteiger partial charge >= 0.3 is 0 Å². The van der Waals surface area contributed by atoms with Crippen LogP contribution in [0.5, 0.6) is 0 Å². The van der Waals surface area contributed by atoms with E-state index in [9.17, 15) is 0 Å². The third-order valence-corrected chi connectivity index (χ3v) is 8.78. The summed E-state index contributed by atoms with van der Waals surface area (Å²) in [5.74, 6) is 0. The maximum atomic E-state index is 6.42. The lowest BCUT2D eigenvalue weighted by atomic mass is 9.77. The van der Waals surface area contributed by atoms with Gasteiger partial charge in [-0.2, -0.15) is 0 Å². The average Bonchev–Trinajstić information content (AvgIpc) is 3.46. The molecule has 4 rings (SSSR count). The lowest BCUT2D eigenvalue weighted by Gasteiger charge is -2.28. The highest BCUT2D eigenvalue weighted by atomic mass is 28.3. The van der Waals surface area contributed by atoms with Crippen molar-refractivity contribution in [1.29, 1.82) is 0 Å². The van der Waals surface area contributed by atoms with E-state index in [2.05, 4.69) is 77.9 Å². The van der Waals surface area contributed by atoms with Crippen molar-refractivity contribution in [2.24, 2.45) is 10.7 Å². The molecule has 1 aliphatic carbocycles. The van der Waals surface area contributed by atoms with Gasteiger partial charge in [-0.25, -0.2) is 0 Å². The Kier molecular flexibility index (Phi) is 7.91. The fraction of sp³-hybridized carbons (Fsp3) is 0.367. The maximum absolute atomic E-state index is 6.42. The van der Waals surface area contributed by atoms with Crippen molar-refractivity contribution in [2.45, 2.75) is 57.6 Å². The number of aliphatic imine (C=N–C) groups is 1. The molecule has 2 heterocycles. The van der Waals surface area contributed by atoms with Crippen LogP contribution in [0, 0.1) is 0 Å². The first-order valence-corrected chi connectivity index (χ1v) is 16.4. The van der Waals surface area contributed by atoms with Gasteiger partial charge in [-0.05, 0) is 60.7 Å². The topological polar surface area (TPSA) is 65.4 Å². The molecule has 5 nitrogen and oxygen atoms in total. The fourth-order valence-electron chi connectivity index (χ4n) is 4.98. The molecule has 1 atom stereocenters. The Hall–Kier alpha value is -3.02. The van der Waals surface area contributed by atoms with E-state index in [1.807, 2.05) is 31.7 Å². The summed E-state index contributed by atoms with van der Waals surface area (Å²) in [7, 11) is -1.13. The molecule has 0 aliphatic heterocycles. The number of nitrogens with two attached hydrogens (primary N) is 1. The van der Waals surface area contributed by atoms with E-state index in [-0.39, 0.29) is 5.41 Å². The molecule has 2 aromatic heterocycles. The second-order valence-corrected chi connectivity index (χ2v) is 16.5. The van der Waals surface area contributed by atoms with E-state index in [1.165, 1.54) is 16.7 Å². The van der Waals surface area contributed by atoms with E-state index in [1.54, 1.807) is 0 Å². The number of hydrogen-bond donors (Lipinski definition) is 1. The molecule has 1 aliphatic rings. The van der Waals surface area contributed by atoms with E-state index in [0.717, 1.165) is 47.3 Å². The van der Waals surface area contributed by atoms with Gasteiger partial charge in [-0.15, -0.1) is 5.73 Å². The monoisotopic (exact) mass is 498 g/mol. The minimum Gasteiger partial charge on any atom is -0.361 e. The van der Waals surface area contributed by atoms with Gasteiger partial charge in [0.15, 0.2) is 0 Å². The Labute approximate surface area is 215 Å². The number of benzene rings is 1. The molecule has 3 aromatic rings. The zero-order chi connectivity index (χ0) is 25.8. The van der Waals surface area contributed by atoms with Crippen molar-refractivity contribution in [1.82, 2.24) is 9.55 Å². The Morgan fingerprint density at radius 2 is 2.06 bits per heavy atom. The molecule has 0 spiro atoms. The molecule has 188 valence electrons. The lowest BCUT2D eigenvalue weighted by Crippen LogP contribution is -2.36. The zero-order valence-electron chi connectivity index (χ0n) is 22.1. The molecular weight excluding hydrogens is 460 g/mol. The van der Waals surface area contributed by atoms with Gasteiger partial charge in [0.2, 0.25) is 0 Å². The number of hydrogen-bond acceptors (Lipinski definition) is 4. The van der Waals surface area contributed by atoms with Crippen LogP contribution in [0.4, 0.5) is 0 Å². The summed E-state index contributed by atoms with van der Waals surface area (Å²) in [4.78, 5) is 9.14. The normalized spacial score (nSPS) is 18.4. The van der Waals surface area contributed by atoms with Crippen LogP contribution in [0.2, 0.25) is 25.7 Å². The van der Waals surface area contributed by atoms with Gasteiger partial charge in [0.1, 0.15) is 6.73 Å². The number of ether oxygens (including phenoxy) is 1. The van der Waals surface area contributed by atoms with Crippen LogP contribution in [0.25, 0.3) is 11.4 Å². The van der Waals surface area contributed by atoms with Gasteiger partial charge in [0, 0.05) is 62.2 Å². The van der Waals surface area contributed by atoms with Crippen LogP contribution < -0.4 is 16.3 Å². The van der Waals surface area contributed by atoms with E-state index < -0.39 is 8.07 Å². The molecule has 1 aromatic carbocycles. The summed E-state index contributed by atoms with van der Waals surface area (Å²) in [6.07, 6.45) is 9.56. The molecule has 2 N–H and O–H groups in total. The molecule has 0 fully saturated rings. The maximum Gasteiger partial charge on any atom is 0.123 e. The van der Waals surface area contributed by atoms with Crippen LogP contribution in [0.15, 0.2) is 66.6 Å². The van der Waals surface area contributed by atoms with Gasteiger partial charge in [-0.3, -0.25) is 9.98 Å². The van der Waals surface area contributed by atoms with Crippen molar-refractivity contribution >= 4 is 25.7 Å². The van der Waals surface area contributed by atoms with E-state index >= 15 is 0 Å². The summed E-state index contributed by atoms with van der Waals surface area (Å²) in [5.41, 5.74) is 15.2. The van der Waals surface area contributed by atoms with Gasteiger partial charge in [-0.1, -0.05) is 44.4 Å². The number of aromatic nitrogens is 2. The molecular formula is C30H38N4OSi. The molecule has 0 saturated carbocycles. The fourth-order valence-corrected chi connectivity index (χ4v) is 5.74. The van der Waals surface area contributed by atoms with Crippen molar-refractivity contribution in [3.8, 4) is 0 Å². The Bertz CT molecular complexity index is 1370. The Morgan fingerprint density at radius 3 is 2.75 bits per heavy atom. The van der Waals surface area contributed by atoms with E-state index in [0.29, 0.717) is 13.3 Å². The summed E-state index contributed by atoms with van der Waals surface area (Å²) in [6, 6.07) is 14.0. The first-order valence-electron chi connectivity index (χ1n) is 12.7. The first-order chi connectivity index (χ1) is 17.3. The van der Waals surface area contributed by atoms with Crippen molar-refractivity contribution < 1.29 is 4.74 Å². The van der Waals surface area contributed by atoms with Crippen LogP contribution in [-0.4, -0.2) is 37.0 Å². The molecule has 0 saturated heterocycles. The van der Waals surface area contributed by atoms with Crippen LogP contribution >= 0.6 is 0 Å². The highest BCUT2D eigenvalue weighted by molar-refractivity contribution is 6.76. The van der Waals surface area contributed by atoms with Crippen molar-refractivity contribution in [3.63, 3.8) is 0 Å². The van der Waals surface area contributed by atoms with Crippen LogP contribution in [0.1, 0.15) is 29.2 Å². The minimum absolute atomic E-state index is 0.133. The lowest BCUT2D eigenvalue weighted by molar-refractivity contribution is 0.0856. The molecule has 6 heteroatoms. The second-order valence-electron chi connectivity index (χ2n) is 10.9. The number of rotatable bonds is 9. The molecule has 0 bridgehead atoms. The predicted octanol–water partition coefficient (Wildman–Crippen LogP) is 4.00. The van der Waals surface area contributed by atoms with E-state index in [4.69, 9.17) is 15.5 Å². The number of pyridine rings is 1. The molecule has 0 amide bonds. The summed E-state index contributed by atoms with van der Waals surface area (Å²) in [6.45, 7) is 14.8.